The van der Waals surface area contributed by atoms with Crippen LogP contribution in [-0.2, 0) is 12.0 Å². The van der Waals surface area contributed by atoms with Crippen LogP contribution in [0, 0.1) is 0 Å². The number of hydrogen-bond donors (Lipinski definition) is 1. The fraction of sp³-hybridized carbons (Fsp3) is 0.318. The maximum atomic E-state index is 12.5. The van der Waals surface area contributed by atoms with Crippen LogP contribution < -0.4 is 10.5 Å². The van der Waals surface area contributed by atoms with E-state index in [4.69, 9.17) is 10.7 Å². The average Bonchev–Trinajstić information content (AvgIpc) is 2.98. The number of aliphatic imine (C=N–C) groups is 1. The van der Waals surface area contributed by atoms with Gasteiger partial charge in [-0.05, 0) is 48.1 Å². The fourth-order valence-corrected chi connectivity index (χ4v) is 3.57. The number of halogens is 2. The summed E-state index contributed by atoms with van der Waals surface area (Å²) in [5.41, 5.74) is 8.55. The van der Waals surface area contributed by atoms with Crippen molar-refractivity contribution in [3.63, 3.8) is 0 Å². The van der Waals surface area contributed by atoms with Crippen molar-refractivity contribution < 1.29 is 13.5 Å². The molecule has 0 saturated carbocycles. The van der Waals surface area contributed by atoms with E-state index < -0.39 is 12.2 Å². The third kappa shape index (κ3) is 4.16. The first-order valence-electron chi connectivity index (χ1n) is 9.27. The zero-order valence-electron chi connectivity index (χ0n) is 15.9. The van der Waals surface area contributed by atoms with Crippen LogP contribution in [0.3, 0.4) is 0 Å². The highest BCUT2D eigenvalue weighted by atomic mass is 19.3. The minimum Gasteiger partial charge on any atom is -0.435 e. The van der Waals surface area contributed by atoms with Crippen molar-refractivity contribution in [1.82, 2.24) is 4.90 Å². The van der Waals surface area contributed by atoms with Gasteiger partial charge in [-0.2, -0.15) is 8.78 Å². The highest BCUT2D eigenvalue weighted by Gasteiger charge is 2.40. The molecule has 1 unspecified atom stereocenters. The van der Waals surface area contributed by atoms with Crippen molar-refractivity contribution in [3.8, 4) is 5.75 Å². The molecular formula is C22H25F2N3O. The Morgan fingerprint density at radius 1 is 1.25 bits per heavy atom. The van der Waals surface area contributed by atoms with E-state index in [0.29, 0.717) is 12.5 Å². The predicted molar refractivity (Wildman–Crippen MR) is 108 cm³/mol. The minimum absolute atomic E-state index is 0.121. The van der Waals surface area contributed by atoms with Gasteiger partial charge in [-0.15, -0.1) is 6.58 Å². The number of hydrogen-bond acceptors (Lipinski definition) is 4. The first-order chi connectivity index (χ1) is 13.4. The number of ether oxygens (including phenoxy) is 1. The molecule has 0 saturated heterocycles. The van der Waals surface area contributed by atoms with Crippen molar-refractivity contribution in [2.75, 3.05) is 13.6 Å². The first-order valence-corrected chi connectivity index (χ1v) is 9.27. The SMILES string of the molecule is C=CCCCc1cccc(C2(c3ccc(OC(F)F)cc3)CN(C)C(N)=N2)c1. The van der Waals surface area contributed by atoms with Crippen molar-refractivity contribution in [2.45, 2.75) is 31.4 Å². The molecule has 0 bridgehead atoms. The van der Waals surface area contributed by atoms with Gasteiger partial charge in [0, 0.05) is 7.05 Å². The lowest BCUT2D eigenvalue weighted by Gasteiger charge is -2.28. The van der Waals surface area contributed by atoms with Gasteiger partial charge in [0.15, 0.2) is 5.96 Å². The highest BCUT2D eigenvalue weighted by Crippen LogP contribution is 2.39. The van der Waals surface area contributed by atoms with E-state index >= 15 is 0 Å². The number of aryl methyl sites for hydroxylation is 1. The van der Waals surface area contributed by atoms with Gasteiger partial charge >= 0.3 is 6.61 Å². The standard InChI is InChI=1S/C22H25F2N3O/c1-3-4-5-7-16-8-6-9-18(14-16)22(15-27(2)21(25)26-22)17-10-12-19(13-11-17)28-20(23)24/h3,6,8-14,20H,1,4-5,7,15H2,2H3,(H2,25,26). The Morgan fingerprint density at radius 3 is 2.61 bits per heavy atom. The van der Waals surface area contributed by atoms with E-state index in [0.717, 1.165) is 30.4 Å². The summed E-state index contributed by atoms with van der Waals surface area (Å²) < 4.78 is 29.4. The number of likely N-dealkylation sites (N-methyl/N-ethyl adjacent to an activating group) is 1. The molecule has 0 amide bonds. The molecule has 148 valence electrons. The molecule has 2 aromatic rings. The number of benzene rings is 2. The van der Waals surface area contributed by atoms with Crippen LogP contribution in [0.4, 0.5) is 8.78 Å². The Kier molecular flexibility index (Phi) is 5.97. The molecule has 6 heteroatoms. The van der Waals surface area contributed by atoms with Crippen molar-refractivity contribution in [3.05, 3.63) is 77.9 Å². The topological polar surface area (TPSA) is 50.9 Å². The summed E-state index contributed by atoms with van der Waals surface area (Å²) in [4.78, 5) is 6.68. The van der Waals surface area contributed by atoms with Crippen LogP contribution in [0.5, 0.6) is 5.75 Å². The molecule has 0 spiro atoms. The van der Waals surface area contributed by atoms with E-state index in [1.54, 1.807) is 24.3 Å². The van der Waals surface area contributed by atoms with E-state index in [1.165, 1.54) is 5.56 Å². The number of nitrogens with two attached hydrogens (primary N) is 1. The fourth-order valence-electron chi connectivity index (χ4n) is 3.57. The summed E-state index contributed by atoms with van der Waals surface area (Å²) in [6.07, 6.45) is 4.87. The maximum absolute atomic E-state index is 12.5. The van der Waals surface area contributed by atoms with Gasteiger partial charge in [-0.1, -0.05) is 42.5 Å². The Hall–Kier alpha value is -2.89. The van der Waals surface area contributed by atoms with Gasteiger partial charge in [-0.25, -0.2) is 4.99 Å². The van der Waals surface area contributed by atoms with Gasteiger partial charge in [-0.3, -0.25) is 0 Å². The minimum atomic E-state index is -2.85. The normalized spacial score (nSPS) is 19.0. The predicted octanol–water partition coefficient (Wildman–Crippen LogP) is 4.30. The highest BCUT2D eigenvalue weighted by molar-refractivity contribution is 5.81. The number of guanidine groups is 1. The molecule has 4 nitrogen and oxygen atoms in total. The Bertz CT molecular complexity index is 851. The lowest BCUT2D eigenvalue weighted by Crippen LogP contribution is -2.34. The Labute approximate surface area is 164 Å². The number of rotatable bonds is 8. The summed E-state index contributed by atoms with van der Waals surface area (Å²) in [7, 11) is 1.89. The van der Waals surface area contributed by atoms with E-state index in [9.17, 15) is 8.78 Å². The summed E-state index contributed by atoms with van der Waals surface area (Å²) in [5, 5.41) is 0. The molecule has 3 rings (SSSR count). The molecule has 0 aliphatic carbocycles. The first kappa shape index (κ1) is 19.9. The zero-order valence-corrected chi connectivity index (χ0v) is 15.9. The van der Waals surface area contributed by atoms with Gasteiger partial charge in [0.1, 0.15) is 11.3 Å². The van der Waals surface area contributed by atoms with Gasteiger partial charge in [0.05, 0.1) is 6.54 Å². The van der Waals surface area contributed by atoms with Crippen LogP contribution in [0.1, 0.15) is 29.5 Å². The number of nitrogens with zero attached hydrogens (tertiary/aromatic N) is 2. The second-order valence-electron chi connectivity index (χ2n) is 6.97. The molecule has 1 heterocycles. The molecule has 1 atom stereocenters. The van der Waals surface area contributed by atoms with Crippen LogP contribution in [0.25, 0.3) is 0 Å². The monoisotopic (exact) mass is 385 g/mol. The molecule has 0 radical (unpaired) electrons. The molecule has 1 aliphatic heterocycles. The Balaban J connectivity index is 1.98. The molecule has 0 aromatic heterocycles. The van der Waals surface area contributed by atoms with E-state index in [-0.39, 0.29) is 5.75 Å². The number of allylic oxidation sites excluding steroid dienone is 1. The van der Waals surface area contributed by atoms with Crippen molar-refractivity contribution in [2.24, 2.45) is 10.7 Å². The smallest absolute Gasteiger partial charge is 0.387 e. The van der Waals surface area contributed by atoms with Gasteiger partial charge in [0.25, 0.3) is 0 Å². The molecule has 1 aliphatic rings. The zero-order chi connectivity index (χ0) is 20.1. The van der Waals surface area contributed by atoms with Gasteiger partial charge < -0.3 is 15.4 Å². The molecule has 28 heavy (non-hydrogen) atoms. The Morgan fingerprint density at radius 2 is 2.00 bits per heavy atom. The summed E-state index contributed by atoms with van der Waals surface area (Å²) >= 11 is 0. The number of alkyl halides is 2. The summed E-state index contributed by atoms with van der Waals surface area (Å²) in [6.45, 7) is 1.50. The van der Waals surface area contributed by atoms with Crippen molar-refractivity contribution in [1.29, 1.82) is 0 Å². The third-order valence-electron chi connectivity index (χ3n) is 5.00. The lowest BCUT2D eigenvalue weighted by molar-refractivity contribution is -0.0498. The maximum Gasteiger partial charge on any atom is 0.387 e. The summed E-state index contributed by atoms with van der Waals surface area (Å²) in [6, 6.07) is 15.0. The molecule has 0 fully saturated rings. The molecule has 2 aromatic carbocycles. The number of unbranched alkanes of at least 4 members (excludes halogenated alkanes) is 1. The average molecular weight is 385 g/mol. The molecule has 2 N–H and O–H groups in total. The van der Waals surface area contributed by atoms with Crippen LogP contribution in [-0.4, -0.2) is 31.1 Å². The summed E-state index contributed by atoms with van der Waals surface area (Å²) in [5.74, 6) is 0.570. The van der Waals surface area contributed by atoms with Crippen LogP contribution in [0.2, 0.25) is 0 Å². The van der Waals surface area contributed by atoms with E-state index in [2.05, 4.69) is 23.4 Å². The van der Waals surface area contributed by atoms with Crippen LogP contribution in [0.15, 0.2) is 66.2 Å². The second-order valence-corrected chi connectivity index (χ2v) is 6.97. The molecular weight excluding hydrogens is 360 g/mol. The third-order valence-corrected chi connectivity index (χ3v) is 5.00. The largest absolute Gasteiger partial charge is 0.435 e. The van der Waals surface area contributed by atoms with Gasteiger partial charge in [0.2, 0.25) is 0 Å². The van der Waals surface area contributed by atoms with E-state index in [1.807, 2.05) is 30.2 Å². The van der Waals surface area contributed by atoms with Crippen molar-refractivity contribution >= 4 is 5.96 Å². The quantitative estimate of drug-likeness (QED) is 0.544. The lowest BCUT2D eigenvalue weighted by atomic mass is 9.82. The second kappa shape index (κ2) is 8.42. The van der Waals surface area contributed by atoms with Crippen LogP contribution >= 0.6 is 0 Å².